The van der Waals surface area contributed by atoms with Gasteiger partial charge in [-0.25, -0.2) is 9.67 Å². The minimum absolute atomic E-state index is 0.233. The third-order valence-corrected chi connectivity index (χ3v) is 5.07. The van der Waals surface area contributed by atoms with Crippen LogP contribution < -0.4 is 0 Å². The molecule has 1 aliphatic heterocycles. The van der Waals surface area contributed by atoms with E-state index in [0.29, 0.717) is 22.7 Å². The number of halogens is 1. The van der Waals surface area contributed by atoms with Crippen LogP contribution in [0.2, 0.25) is 5.02 Å². The van der Waals surface area contributed by atoms with Crippen molar-refractivity contribution in [2.24, 2.45) is 0 Å². The van der Waals surface area contributed by atoms with Gasteiger partial charge in [-0.15, -0.1) is 5.10 Å². The second-order valence-corrected chi connectivity index (χ2v) is 7.24. The molecule has 0 bridgehead atoms. The van der Waals surface area contributed by atoms with Crippen LogP contribution in [0.1, 0.15) is 33.0 Å². The standard InChI is InChI=1S/C22H14ClN5O/c1-14-3-2-4-15(9-14)22(29)8-6-18-20-11-17-12-25-26-28(17)21-10-16(23)5-7-19(21)27(20)13-24-18/h2-5,7,9-10,12-13H,11H2,1H3. The van der Waals surface area contributed by atoms with Gasteiger partial charge in [0.25, 0.3) is 0 Å². The molecule has 2 aromatic heterocycles. The first-order chi connectivity index (χ1) is 14.1. The molecule has 7 heteroatoms. The highest BCUT2D eigenvalue weighted by atomic mass is 35.5. The van der Waals surface area contributed by atoms with E-state index in [9.17, 15) is 4.79 Å². The maximum absolute atomic E-state index is 12.5. The molecular formula is C22H14ClN5O. The maximum Gasteiger partial charge on any atom is 0.236 e. The predicted molar refractivity (Wildman–Crippen MR) is 109 cm³/mol. The van der Waals surface area contributed by atoms with Crippen LogP contribution in [0.4, 0.5) is 0 Å². The Kier molecular flexibility index (Phi) is 4.04. The van der Waals surface area contributed by atoms with Gasteiger partial charge in [0.15, 0.2) is 0 Å². The van der Waals surface area contributed by atoms with Crippen molar-refractivity contribution < 1.29 is 4.79 Å². The lowest BCUT2D eigenvalue weighted by atomic mass is 10.1. The predicted octanol–water partition coefficient (Wildman–Crippen LogP) is 3.55. The fourth-order valence-electron chi connectivity index (χ4n) is 3.45. The third-order valence-electron chi connectivity index (χ3n) is 4.83. The second kappa shape index (κ2) is 6.73. The summed E-state index contributed by atoms with van der Waals surface area (Å²) < 4.78 is 3.73. The van der Waals surface area contributed by atoms with Gasteiger partial charge in [0.05, 0.1) is 29.0 Å². The number of aromatic nitrogens is 5. The Morgan fingerprint density at radius 1 is 1.17 bits per heavy atom. The van der Waals surface area contributed by atoms with Crippen LogP contribution in [0.5, 0.6) is 0 Å². The van der Waals surface area contributed by atoms with Crippen molar-refractivity contribution in [1.82, 2.24) is 24.5 Å². The van der Waals surface area contributed by atoms with Crippen LogP contribution in [0.15, 0.2) is 55.0 Å². The van der Waals surface area contributed by atoms with Crippen LogP contribution in [0.3, 0.4) is 0 Å². The van der Waals surface area contributed by atoms with E-state index in [2.05, 4.69) is 27.1 Å². The number of imidazole rings is 1. The van der Waals surface area contributed by atoms with Crippen molar-refractivity contribution in [2.75, 3.05) is 0 Å². The minimum Gasteiger partial charge on any atom is -0.299 e. The monoisotopic (exact) mass is 399 g/mol. The van der Waals surface area contributed by atoms with E-state index in [0.717, 1.165) is 28.3 Å². The Morgan fingerprint density at radius 3 is 2.93 bits per heavy atom. The van der Waals surface area contributed by atoms with Gasteiger partial charge in [-0.2, -0.15) is 0 Å². The molecule has 140 valence electrons. The van der Waals surface area contributed by atoms with Crippen LogP contribution in [0, 0.1) is 18.8 Å². The molecule has 0 N–H and O–H groups in total. The van der Waals surface area contributed by atoms with E-state index in [1.165, 1.54) is 0 Å². The summed E-state index contributed by atoms with van der Waals surface area (Å²) in [4.78, 5) is 16.9. The van der Waals surface area contributed by atoms with Crippen LogP contribution in [-0.2, 0) is 6.42 Å². The van der Waals surface area contributed by atoms with Crippen molar-refractivity contribution >= 4 is 17.4 Å². The van der Waals surface area contributed by atoms with Gasteiger partial charge in [0, 0.05) is 17.0 Å². The average molecular weight is 400 g/mol. The third kappa shape index (κ3) is 3.02. The number of hydrogen-bond donors (Lipinski definition) is 0. The van der Waals surface area contributed by atoms with Crippen molar-refractivity contribution in [3.05, 3.63) is 88.2 Å². The SMILES string of the molecule is Cc1cccc(C(=O)C#Cc2ncn3c2Cc2cnnn2-c2cc(Cl)ccc2-3)c1. The zero-order valence-corrected chi connectivity index (χ0v) is 16.2. The lowest BCUT2D eigenvalue weighted by Gasteiger charge is -2.09. The Hall–Kier alpha value is -3.69. The first-order valence-corrected chi connectivity index (χ1v) is 9.37. The first kappa shape index (κ1) is 17.4. The Bertz CT molecular complexity index is 1340. The van der Waals surface area contributed by atoms with Gasteiger partial charge >= 0.3 is 0 Å². The Morgan fingerprint density at radius 2 is 2.07 bits per heavy atom. The molecule has 0 radical (unpaired) electrons. The highest BCUT2D eigenvalue weighted by molar-refractivity contribution is 6.30. The van der Waals surface area contributed by atoms with Gasteiger partial charge in [-0.1, -0.05) is 40.6 Å². The van der Waals surface area contributed by atoms with Crippen molar-refractivity contribution in [1.29, 1.82) is 0 Å². The number of Topliss-reactive ketones (excluding diaryl/α,β-unsaturated/α-hetero) is 1. The fourth-order valence-corrected chi connectivity index (χ4v) is 3.62. The van der Waals surface area contributed by atoms with Crippen molar-refractivity contribution in [2.45, 2.75) is 13.3 Å². The van der Waals surface area contributed by atoms with E-state index in [-0.39, 0.29) is 5.78 Å². The van der Waals surface area contributed by atoms with Gasteiger partial charge in [0.1, 0.15) is 12.0 Å². The maximum atomic E-state index is 12.5. The molecular weight excluding hydrogens is 386 g/mol. The molecule has 3 heterocycles. The lowest BCUT2D eigenvalue weighted by Crippen LogP contribution is -2.03. The molecule has 0 saturated heterocycles. The van der Waals surface area contributed by atoms with Gasteiger partial charge in [-0.05, 0) is 43.0 Å². The summed E-state index contributed by atoms with van der Waals surface area (Å²) in [5.41, 5.74) is 5.60. The molecule has 0 amide bonds. The number of carbonyl (C=O) groups is 1. The molecule has 0 atom stereocenters. The molecule has 0 unspecified atom stereocenters. The Labute approximate surface area is 171 Å². The average Bonchev–Trinajstić information content (AvgIpc) is 3.31. The van der Waals surface area contributed by atoms with Crippen molar-refractivity contribution in [3.63, 3.8) is 0 Å². The van der Waals surface area contributed by atoms with Gasteiger partial charge in [0.2, 0.25) is 5.78 Å². The number of nitrogens with zero attached hydrogens (tertiary/aromatic N) is 5. The Balaban J connectivity index is 1.60. The minimum atomic E-state index is -0.233. The van der Waals surface area contributed by atoms with Crippen LogP contribution >= 0.6 is 11.6 Å². The highest BCUT2D eigenvalue weighted by Gasteiger charge is 2.23. The molecule has 2 aromatic carbocycles. The van der Waals surface area contributed by atoms with E-state index in [1.807, 2.05) is 47.9 Å². The highest BCUT2D eigenvalue weighted by Crippen LogP contribution is 2.30. The van der Waals surface area contributed by atoms with E-state index in [4.69, 9.17) is 11.6 Å². The van der Waals surface area contributed by atoms with Crippen LogP contribution in [0.25, 0.3) is 11.4 Å². The second-order valence-electron chi connectivity index (χ2n) is 6.81. The summed E-state index contributed by atoms with van der Waals surface area (Å²) in [6.45, 7) is 1.94. The molecule has 1 aliphatic rings. The number of ketones is 1. The van der Waals surface area contributed by atoms with Crippen LogP contribution in [-0.4, -0.2) is 30.3 Å². The number of fused-ring (bicyclic) bond motifs is 5. The number of aryl methyl sites for hydroxylation is 1. The molecule has 6 nitrogen and oxygen atoms in total. The molecule has 5 rings (SSSR count). The topological polar surface area (TPSA) is 65.6 Å². The molecule has 0 saturated carbocycles. The lowest BCUT2D eigenvalue weighted by molar-refractivity contribution is 0.105. The van der Waals surface area contributed by atoms with E-state index in [1.54, 1.807) is 23.3 Å². The van der Waals surface area contributed by atoms with Gasteiger partial charge in [-0.3, -0.25) is 9.36 Å². The molecule has 0 fully saturated rings. The summed E-state index contributed by atoms with van der Waals surface area (Å²) >= 11 is 6.20. The summed E-state index contributed by atoms with van der Waals surface area (Å²) in [5, 5.41) is 8.84. The summed E-state index contributed by atoms with van der Waals surface area (Å²) in [6, 6.07) is 13.0. The molecule has 0 spiro atoms. The summed E-state index contributed by atoms with van der Waals surface area (Å²) in [7, 11) is 0. The summed E-state index contributed by atoms with van der Waals surface area (Å²) in [5.74, 6) is 5.45. The molecule has 4 aromatic rings. The molecule has 0 aliphatic carbocycles. The molecule has 29 heavy (non-hydrogen) atoms. The first-order valence-electron chi connectivity index (χ1n) is 8.99. The fraction of sp³-hybridized carbons (Fsp3) is 0.0909. The number of hydrogen-bond acceptors (Lipinski definition) is 4. The van der Waals surface area contributed by atoms with E-state index >= 15 is 0 Å². The zero-order chi connectivity index (χ0) is 20.0. The number of benzene rings is 2. The number of rotatable bonds is 1. The van der Waals surface area contributed by atoms with Crippen molar-refractivity contribution in [3.8, 4) is 23.2 Å². The van der Waals surface area contributed by atoms with E-state index < -0.39 is 0 Å². The normalized spacial score (nSPS) is 11.5. The van der Waals surface area contributed by atoms with Gasteiger partial charge < -0.3 is 0 Å². The largest absolute Gasteiger partial charge is 0.299 e. The summed E-state index contributed by atoms with van der Waals surface area (Å²) in [6.07, 6.45) is 3.95. The number of carbonyl (C=O) groups excluding carboxylic acids is 1. The smallest absolute Gasteiger partial charge is 0.236 e. The zero-order valence-electron chi connectivity index (χ0n) is 15.4. The quantitative estimate of drug-likeness (QED) is 0.319.